The largest absolute Gasteiger partial charge is 0.144 e. The highest BCUT2D eigenvalue weighted by Gasteiger charge is 2.13. The van der Waals surface area contributed by atoms with E-state index in [1.807, 2.05) is 18.2 Å². The number of hydrogen-bond acceptors (Lipinski definition) is 1. The summed E-state index contributed by atoms with van der Waals surface area (Å²) in [5, 5.41) is 0.599. The summed E-state index contributed by atoms with van der Waals surface area (Å²) >= 11 is 17.5. The molecule has 0 saturated carbocycles. The summed E-state index contributed by atoms with van der Waals surface area (Å²) in [5.74, 6) is 0. The van der Waals surface area contributed by atoms with E-state index in [0.717, 1.165) is 14.9 Å². The maximum absolute atomic E-state index is 6.42. The molecular weight excluding hydrogens is 327 g/mol. The third kappa shape index (κ3) is 2.62. The maximum atomic E-state index is 6.42. The molecule has 0 bridgehead atoms. The van der Waals surface area contributed by atoms with Gasteiger partial charge < -0.3 is 0 Å². The lowest BCUT2D eigenvalue weighted by Gasteiger charge is -2.08. The van der Waals surface area contributed by atoms with Crippen molar-refractivity contribution in [1.82, 2.24) is 0 Å². The van der Waals surface area contributed by atoms with Gasteiger partial charge in [-0.05, 0) is 52.7 Å². The molecule has 4 heteroatoms. The van der Waals surface area contributed by atoms with Crippen LogP contribution in [0.4, 0.5) is 0 Å². The van der Waals surface area contributed by atoms with Crippen molar-refractivity contribution >= 4 is 50.5 Å². The van der Waals surface area contributed by atoms with Crippen molar-refractivity contribution in [2.75, 3.05) is 0 Å². The summed E-state index contributed by atoms with van der Waals surface area (Å²) in [6, 6.07) is 9.94. The van der Waals surface area contributed by atoms with Gasteiger partial charge in [-0.2, -0.15) is 0 Å². The molecule has 0 N–H and O–H groups in total. The zero-order valence-corrected chi connectivity index (χ0v) is 12.4. The number of alkyl halides is 1. The van der Waals surface area contributed by atoms with Crippen LogP contribution in [-0.4, -0.2) is 0 Å². The van der Waals surface area contributed by atoms with E-state index in [0.29, 0.717) is 5.02 Å². The Morgan fingerprint density at radius 3 is 2.56 bits per heavy atom. The van der Waals surface area contributed by atoms with Crippen LogP contribution >= 0.6 is 50.5 Å². The Labute approximate surface area is 117 Å². The highest BCUT2D eigenvalue weighted by Crippen LogP contribution is 2.36. The van der Waals surface area contributed by atoms with E-state index in [1.165, 1.54) is 4.88 Å². The molecular formula is C12H9BrCl2S. The van der Waals surface area contributed by atoms with Crippen LogP contribution in [-0.2, 0) is 0 Å². The van der Waals surface area contributed by atoms with Gasteiger partial charge in [-0.3, -0.25) is 0 Å². The number of thiophene rings is 1. The topological polar surface area (TPSA) is 0 Å². The fraction of sp³-hybridized carbons (Fsp3) is 0.167. The van der Waals surface area contributed by atoms with Crippen LogP contribution < -0.4 is 0 Å². The SMILES string of the molecule is Cc1ccc(C(Cl)c2ccc(Cl)c(Br)c2)s1. The van der Waals surface area contributed by atoms with Gasteiger partial charge in [-0.15, -0.1) is 22.9 Å². The lowest BCUT2D eigenvalue weighted by atomic mass is 10.1. The number of hydrogen-bond donors (Lipinski definition) is 0. The monoisotopic (exact) mass is 334 g/mol. The van der Waals surface area contributed by atoms with Crippen molar-refractivity contribution in [1.29, 1.82) is 0 Å². The molecule has 0 aliphatic rings. The van der Waals surface area contributed by atoms with E-state index in [4.69, 9.17) is 23.2 Å². The first-order chi connectivity index (χ1) is 7.58. The highest BCUT2D eigenvalue weighted by molar-refractivity contribution is 9.10. The van der Waals surface area contributed by atoms with E-state index >= 15 is 0 Å². The van der Waals surface area contributed by atoms with Gasteiger partial charge >= 0.3 is 0 Å². The molecule has 0 aliphatic carbocycles. The van der Waals surface area contributed by atoms with Gasteiger partial charge in [-0.25, -0.2) is 0 Å². The van der Waals surface area contributed by atoms with Gasteiger partial charge in [0.15, 0.2) is 0 Å². The molecule has 2 aromatic rings. The normalized spacial score (nSPS) is 12.8. The second kappa shape index (κ2) is 5.09. The maximum Gasteiger partial charge on any atom is 0.0928 e. The van der Waals surface area contributed by atoms with E-state index in [9.17, 15) is 0 Å². The second-order valence-corrected chi connectivity index (χ2v) is 6.50. The molecule has 1 heterocycles. The van der Waals surface area contributed by atoms with Crippen molar-refractivity contribution in [3.8, 4) is 0 Å². The average Bonchev–Trinajstić information content (AvgIpc) is 2.68. The Kier molecular flexibility index (Phi) is 3.96. The third-order valence-corrected chi connectivity index (χ3v) is 5.14. The van der Waals surface area contributed by atoms with E-state index in [2.05, 4.69) is 35.0 Å². The average molecular weight is 336 g/mol. The van der Waals surface area contributed by atoms with E-state index in [-0.39, 0.29) is 5.38 Å². The zero-order valence-electron chi connectivity index (χ0n) is 8.51. The molecule has 84 valence electrons. The Balaban J connectivity index is 2.33. The standard InChI is InChI=1S/C12H9BrCl2S/c1-7-2-5-11(16-7)12(15)8-3-4-10(14)9(13)6-8/h2-6,12H,1H3. The molecule has 0 aliphatic heterocycles. The molecule has 0 radical (unpaired) electrons. The number of rotatable bonds is 2. The van der Waals surface area contributed by atoms with Gasteiger partial charge in [0.1, 0.15) is 0 Å². The summed E-state index contributed by atoms with van der Waals surface area (Å²) < 4.78 is 0.880. The van der Waals surface area contributed by atoms with Crippen LogP contribution in [0.15, 0.2) is 34.8 Å². The molecule has 0 spiro atoms. The molecule has 0 fully saturated rings. The van der Waals surface area contributed by atoms with Crippen LogP contribution in [0.2, 0.25) is 5.02 Å². The summed E-state index contributed by atoms with van der Waals surface area (Å²) in [6.45, 7) is 2.08. The van der Waals surface area contributed by atoms with E-state index < -0.39 is 0 Å². The van der Waals surface area contributed by atoms with E-state index in [1.54, 1.807) is 11.3 Å². The van der Waals surface area contributed by atoms with Crippen molar-refractivity contribution in [3.63, 3.8) is 0 Å². The van der Waals surface area contributed by atoms with Crippen molar-refractivity contribution in [2.24, 2.45) is 0 Å². The van der Waals surface area contributed by atoms with Gasteiger partial charge in [0.2, 0.25) is 0 Å². The Morgan fingerprint density at radius 2 is 2.00 bits per heavy atom. The smallest absolute Gasteiger partial charge is 0.0928 e. The van der Waals surface area contributed by atoms with Crippen LogP contribution in [0.25, 0.3) is 0 Å². The quantitative estimate of drug-likeness (QED) is 0.608. The molecule has 0 amide bonds. The Hall–Kier alpha value is -0.0200. The Bertz CT molecular complexity index is 507. The van der Waals surface area contributed by atoms with Crippen LogP contribution in [0.5, 0.6) is 0 Å². The molecule has 1 aromatic heterocycles. The van der Waals surface area contributed by atoms with Gasteiger partial charge in [0.05, 0.1) is 10.4 Å². The van der Waals surface area contributed by atoms with Crippen LogP contribution in [0.1, 0.15) is 20.7 Å². The minimum Gasteiger partial charge on any atom is -0.144 e. The van der Waals surface area contributed by atoms with Crippen molar-refractivity contribution < 1.29 is 0 Å². The highest BCUT2D eigenvalue weighted by atomic mass is 79.9. The first-order valence-electron chi connectivity index (χ1n) is 4.73. The van der Waals surface area contributed by atoms with Gasteiger partial charge in [-0.1, -0.05) is 17.7 Å². The predicted octanol–water partition coefficient (Wildman–Crippen LogP) is 5.80. The van der Waals surface area contributed by atoms with Crippen molar-refractivity contribution in [2.45, 2.75) is 12.3 Å². The first-order valence-corrected chi connectivity index (χ1v) is 7.15. The lowest BCUT2D eigenvalue weighted by molar-refractivity contribution is 1.18. The molecule has 16 heavy (non-hydrogen) atoms. The molecule has 1 unspecified atom stereocenters. The number of benzene rings is 1. The third-order valence-electron chi connectivity index (χ3n) is 2.25. The lowest BCUT2D eigenvalue weighted by Crippen LogP contribution is -1.89. The van der Waals surface area contributed by atoms with Gasteiger partial charge in [0.25, 0.3) is 0 Å². The summed E-state index contributed by atoms with van der Waals surface area (Å²) in [4.78, 5) is 2.43. The number of aryl methyl sites for hydroxylation is 1. The molecule has 0 nitrogen and oxygen atoms in total. The molecule has 1 aromatic carbocycles. The summed E-state index contributed by atoms with van der Waals surface area (Å²) in [6.07, 6.45) is 0. The van der Waals surface area contributed by atoms with Crippen LogP contribution in [0.3, 0.4) is 0 Å². The zero-order chi connectivity index (χ0) is 11.7. The minimum absolute atomic E-state index is 0.104. The summed E-state index contributed by atoms with van der Waals surface area (Å²) in [7, 11) is 0. The molecule has 2 rings (SSSR count). The fourth-order valence-electron chi connectivity index (χ4n) is 1.42. The predicted molar refractivity (Wildman–Crippen MR) is 75.9 cm³/mol. The second-order valence-electron chi connectivity index (χ2n) is 3.48. The molecule has 1 atom stereocenters. The Morgan fingerprint density at radius 1 is 1.25 bits per heavy atom. The van der Waals surface area contributed by atoms with Gasteiger partial charge in [0, 0.05) is 14.2 Å². The minimum atomic E-state index is -0.104. The summed E-state index contributed by atoms with van der Waals surface area (Å²) in [5.41, 5.74) is 1.06. The molecule has 0 saturated heterocycles. The van der Waals surface area contributed by atoms with Crippen LogP contribution in [0, 0.1) is 6.92 Å². The fourth-order valence-corrected chi connectivity index (χ4v) is 3.16. The van der Waals surface area contributed by atoms with Crippen molar-refractivity contribution in [3.05, 3.63) is 55.1 Å². The number of halogens is 3. The first kappa shape index (κ1) is 12.4.